The molecule has 1 aliphatic heterocycles. The maximum Gasteiger partial charge on any atom is 0.310 e. The van der Waals surface area contributed by atoms with Crippen LogP contribution in [-0.4, -0.2) is 35.1 Å². The molecule has 25 heavy (non-hydrogen) atoms. The highest BCUT2D eigenvalue weighted by Gasteiger charge is 2.39. The number of nitrogen functional groups attached to an aromatic ring is 1. The van der Waals surface area contributed by atoms with E-state index in [4.69, 9.17) is 10.5 Å². The second kappa shape index (κ2) is 7.36. The number of nitrogens with zero attached hydrogens (tertiary/aromatic N) is 1. The van der Waals surface area contributed by atoms with E-state index in [-0.39, 0.29) is 17.4 Å². The Morgan fingerprint density at radius 3 is 2.48 bits per heavy atom. The second-order valence-electron chi connectivity index (χ2n) is 9.25. The molecule has 0 radical (unpaired) electrons. The molecule has 0 aromatic heterocycles. The number of carbonyl (C=O) groups excluding carboxylic acids is 1. The lowest BCUT2D eigenvalue weighted by Crippen LogP contribution is -2.41. The first-order valence-electron chi connectivity index (χ1n) is 9.28. The third-order valence-electron chi connectivity index (χ3n) is 4.86. The van der Waals surface area contributed by atoms with E-state index in [9.17, 15) is 4.79 Å². The summed E-state index contributed by atoms with van der Waals surface area (Å²) in [5.74, 6) is 0.0968. The standard InChI is InChI=1S/C21H34N2O2/c1-20(2,3)23-11-10-16(14-23)18(19(24)25-21(4,5)6)13-15-8-7-9-17(22)12-15/h7-9,12,16,18H,10-11,13-14,22H2,1-6H3/t16-,18-/m1/s1. The number of nitrogens with two attached hydrogens (primary N) is 1. The van der Waals surface area contributed by atoms with Crippen LogP contribution in [0, 0.1) is 11.8 Å². The molecule has 1 aliphatic rings. The lowest BCUT2D eigenvalue weighted by atomic mass is 9.85. The first kappa shape index (κ1) is 19.8. The maximum absolute atomic E-state index is 12.9. The molecule has 1 heterocycles. The van der Waals surface area contributed by atoms with Crippen molar-refractivity contribution in [1.29, 1.82) is 0 Å². The summed E-state index contributed by atoms with van der Waals surface area (Å²) in [7, 11) is 0. The van der Waals surface area contributed by atoms with Crippen molar-refractivity contribution in [2.24, 2.45) is 11.8 Å². The van der Waals surface area contributed by atoms with E-state index in [1.165, 1.54) is 0 Å². The van der Waals surface area contributed by atoms with Gasteiger partial charge in [0.15, 0.2) is 0 Å². The van der Waals surface area contributed by atoms with Gasteiger partial charge in [-0.05, 0) is 84.5 Å². The van der Waals surface area contributed by atoms with Gasteiger partial charge < -0.3 is 10.5 Å². The fourth-order valence-electron chi connectivity index (χ4n) is 3.52. The normalized spacial score (nSPS) is 20.5. The molecule has 0 saturated carbocycles. The Bertz CT molecular complexity index is 599. The first-order valence-corrected chi connectivity index (χ1v) is 9.28. The summed E-state index contributed by atoms with van der Waals surface area (Å²) in [6.45, 7) is 14.5. The highest BCUT2D eigenvalue weighted by atomic mass is 16.6. The summed E-state index contributed by atoms with van der Waals surface area (Å²) < 4.78 is 5.75. The molecule has 2 N–H and O–H groups in total. The number of carbonyl (C=O) groups is 1. The van der Waals surface area contributed by atoms with Gasteiger partial charge in [-0.3, -0.25) is 9.69 Å². The Hall–Kier alpha value is -1.55. The van der Waals surface area contributed by atoms with E-state index < -0.39 is 5.60 Å². The molecule has 0 bridgehead atoms. The minimum Gasteiger partial charge on any atom is -0.460 e. The van der Waals surface area contributed by atoms with Crippen LogP contribution in [0.1, 0.15) is 53.5 Å². The summed E-state index contributed by atoms with van der Waals surface area (Å²) in [6, 6.07) is 7.84. The Labute approximate surface area is 152 Å². The SMILES string of the molecule is CC(C)(C)OC(=O)[C@H](Cc1cccc(N)c1)[C@@H]1CCN(C(C)(C)C)C1. The zero-order chi connectivity index (χ0) is 18.8. The molecule has 2 rings (SSSR count). The lowest BCUT2D eigenvalue weighted by molar-refractivity contribution is -0.162. The van der Waals surface area contributed by atoms with Crippen LogP contribution in [0.5, 0.6) is 0 Å². The lowest BCUT2D eigenvalue weighted by Gasteiger charge is -2.33. The summed E-state index contributed by atoms with van der Waals surface area (Å²) in [5.41, 5.74) is 7.43. The maximum atomic E-state index is 12.9. The van der Waals surface area contributed by atoms with Crippen molar-refractivity contribution in [3.05, 3.63) is 29.8 Å². The minimum absolute atomic E-state index is 0.0873. The molecule has 4 heteroatoms. The van der Waals surface area contributed by atoms with Crippen molar-refractivity contribution >= 4 is 11.7 Å². The van der Waals surface area contributed by atoms with Crippen molar-refractivity contribution in [3.63, 3.8) is 0 Å². The van der Waals surface area contributed by atoms with Crippen LogP contribution < -0.4 is 5.73 Å². The molecule has 1 saturated heterocycles. The van der Waals surface area contributed by atoms with Crippen molar-refractivity contribution in [2.75, 3.05) is 18.8 Å². The van der Waals surface area contributed by atoms with Gasteiger partial charge in [0.2, 0.25) is 0 Å². The summed E-state index contributed by atoms with van der Waals surface area (Å²) in [6.07, 6.45) is 1.71. The zero-order valence-corrected chi connectivity index (χ0v) is 16.6. The fourth-order valence-corrected chi connectivity index (χ4v) is 3.52. The number of esters is 1. The van der Waals surface area contributed by atoms with Crippen molar-refractivity contribution < 1.29 is 9.53 Å². The van der Waals surface area contributed by atoms with Gasteiger partial charge in [0.25, 0.3) is 0 Å². The van der Waals surface area contributed by atoms with Crippen LogP contribution in [0.2, 0.25) is 0 Å². The van der Waals surface area contributed by atoms with Crippen molar-refractivity contribution in [1.82, 2.24) is 4.90 Å². The third-order valence-corrected chi connectivity index (χ3v) is 4.86. The number of benzene rings is 1. The minimum atomic E-state index is -0.465. The number of likely N-dealkylation sites (tertiary alicyclic amines) is 1. The van der Waals surface area contributed by atoms with E-state index in [1.807, 2.05) is 45.0 Å². The zero-order valence-electron chi connectivity index (χ0n) is 16.6. The quantitative estimate of drug-likeness (QED) is 0.664. The molecule has 1 fully saturated rings. The molecule has 4 nitrogen and oxygen atoms in total. The predicted octanol–water partition coefficient (Wildman–Crippen LogP) is 3.89. The predicted molar refractivity (Wildman–Crippen MR) is 103 cm³/mol. The molecule has 1 aromatic rings. The second-order valence-corrected chi connectivity index (χ2v) is 9.25. The van der Waals surface area contributed by atoms with Crippen LogP contribution in [0.25, 0.3) is 0 Å². The molecule has 1 aromatic carbocycles. The van der Waals surface area contributed by atoms with Gasteiger partial charge in [-0.15, -0.1) is 0 Å². The van der Waals surface area contributed by atoms with Crippen molar-refractivity contribution in [2.45, 2.75) is 65.5 Å². The van der Waals surface area contributed by atoms with Gasteiger partial charge in [0.05, 0.1) is 5.92 Å². The number of anilines is 1. The van der Waals surface area contributed by atoms with Gasteiger partial charge in [-0.2, -0.15) is 0 Å². The van der Waals surface area contributed by atoms with Crippen LogP contribution in [0.3, 0.4) is 0 Å². The number of hydrogen-bond donors (Lipinski definition) is 1. The van der Waals surface area contributed by atoms with Crippen LogP contribution in [0.15, 0.2) is 24.3 Å². The molecular weight excluding hydrogens is 312 g/mol. The Kier molecular flexibility index (Phi) is 5.82. The summed E-state index contributed by atoms with van der Waals surface area (Å²) in [4.78, 5) is 15.4. The number of hydrogen-bond acceptors (Lipinski definition) is 4. The molecule has 0 spiro atoms. The molecular formula is C21H34N2O2. The Balaban J connectivity index is 2.19. The van der Waals surface area contributed by atoms with Gasteiger partial charge in [0.1, 0.15) is 5.60 Å². The molecule has 140 valence electrons. The number of ether oxygens (including phenoxy) is 1. The number of rotatable bonds is 4. The summed E-state index contributed by atoms with van der Waals surface area (Å²) in [5, 5.41) is 0. The average Bonchev–Trinajstić information content (AvgIpc) is 2.92. The molecule has 0 unspecified atom stereocenters. The van der Waals surface area contributed by atoms with Gasteiger partial charge in [-0.25, -0.2) is 0 Å². The monoisotopic (exact) mass is 346 g/mol. The first-order chi connectivity index (χ1) is 11.5. The van der Waals surface area contributed by atoms with Crippen molar-refractivity contribution in [3.8, 4) is 0 Å². The van der Waals surface area contributed by atoms with E-state index in [2.05, 4.69) is 25.7 Å². The van der Waals surface area contributed by atoms with E-state index in [1.54, 1.807) is 0 Å². The van der Waals surface area contributed by atoms with Gasteiger partial charge in [0, 0.05) is 17.8 Å². The Morgan fingerprint density at radius 1 is 1.28 bits per heavy atom. The molecule has 0 amide bonds. The smallest absolute Gasteiger partial charge is 0.310 e. The topological polar surface area (TPSA) is 55.6 Å². The average molecular weight is 347 g/mol. The van der Waals surface area contributed by atoms with E-state index in [0.29, 0.717) is 12.3 Å². The highest BCUT2D eigenvalue weighted by molar-refractivity contribution is 5.74. The van der Waals surface area contributed by atoms with Crippen LogP contribution >= 0.6 is 0 Å². The fraction of sp³-hybridized carbons (Fsp3) is 0.667. The molecule has 2 atom stereocenters. The van der Waals surface area contributed by atoms with Crippen LogP contribution in [0.4, 0.5) is 5.69 Å². The largest absolute Gasteiger partial charge is 0.460 e. The van der Waals surface area contributed by atoms with Gasteiger partial charge >= 0.3 is 5.97 Å². The van der Waals surface area contributed by atoms with E-state index >= 15 is 0 Å². The third kappa shape index (κ3) is 5.74. The van der Waals surface area contributed by atoms with Crippen LogP contribution in [-0.2, 0) is 16.0 Å². The van der Waals surface area contributed by atoms with E-state index in [0.717, 1.165) is 30.8 Å². The van der Waals surface area contributed by atoms with Gasteiger partial charge in [-0.1, -0.05) is 12.1 Å². The highest BCUT2D eigenvalue weighted by Crippen LogP contribution is 2.33. The Morgan fingerprint density at radius 2 is 1.96 bits per heavy atom. The molecule has 0 aliphatic carbocycles. The summed E-state index contributed by atoms with van der Waals surface area (Å²) >= 11 is 0.